The van der Waals surface area contributed by atoms with Gasteiger partial charge in [-0.3, -0.25) is 9.78 Å². The zero-order chi connectivity index (χ0) is 24.8. The number of esters is 3. The SMILES string of the molecule is CCOC(=O)c1sc(NC(=O)COC(=O)c2cc(C)nc3ccccc23)c(C(=O)OCC)c1C. The first-order chi connectivity index (χ1) is 16.3. The van der Waals surface area contributed by atoms with E-state index in [1.165, 1.54) is 0 Å². The van der Waals surface area contributed by atoms with Gasteiger partial charge < -0.3 is 19.5 Å². The molecule has 0 aliphatic rings. The number of nitrogens with one attached hydrogen (secondary N) is 1. The Labute approximate surface area is 200 Å². The van der Waals surface area contributed by atoms with Crippen LogP contribution in [0.5, 0.6) is 0 Å². The first-order valence-electron chi connectivity index (χ1n) is 10.6. The highest BCUT2D eigenvalue weighted by Crippen LogP contribution is 2.34. The smallest absolute Gasteiger partial charge is 0.348 e. The van der Waals surface area contributed by atoms with E-state index in [2.05, 4.69) is 10.3 Å². The van der Waals surface area contributed by atoms with Crippen molar-refractivity contribution in [1.82, 2.24) is 4.98 Å². The van der Waals surface area contributed by atoms with Crippen LogP contribution in [0.2, 0.25) is 0 Å². The molecule has 0 aliphatic carbocycles. The van der Waals surface area contributed by atoms with E-state index in [4.69, 9.17) is 14.2 Å². The maximum Gasteiger partial charge on any atom is 0.348 e. The first-order valence-corrected chi connectivity index (χ1v) is 11.4. The number of aromatic nitrogens is 1. The maximum atomic E-state index is 12.7. The number of benzene rings is 1. The highest BCUT2D eigenvalue weighted by molar-refractivity contribution is 7.18. The lowest BCUT2D eigenvalue weighted by Gasteiger charge is -2.09. The normalized spacial score (nSPS) is 10.6. The number of hydrogen-bond acceptors (Lipinski definition) is 9. The van der Waals surface area contributed by atoms with E-state index < -0.39 is 30.4 Å². The third-order valence-electron chi connectivity index (χ3n) is 4.74. The highest BCUT2D eigenvalue weighted by Gasteiger charge is 2.27. The van der Waals surface area contributed by atoms with Crippen LogP contribution < -0.4 is 5.32 Å². The fourth-order valence-electron chi connectivity index (χ4n) is 3.29. The van der Waals surface area contributed by atoms with Crippen LogP contribution in [0, 0.1) is 13.8 Å². The molecule has 2 heterocycles. The van der Waals surface area contributed by atoms with E-state index in [1.807, 2.05) is 6.07 Å². The second-order valence-corrected chi connectivity index (χ2v) is 8.17. The van der Waals surface area contributed by atoms with Crippen molar-refractivity contribution in [2.24, 2.45) is 0 Å². The molecule has 0 saturated carbocycles. The molecular weight excluding hydrogens is 460 g/mol. The van der Waals surface area contributed by atoms with Crippen molar-refractivity contribution in [3.8, 4) is 0 Å². The van der Waals surface area contributed by atoms with Crippen LogP contribution >= 0.6 is 11.3 Å². The summed E-state index contributed by atoms with van der Waals surface area (Å²) in [4.78, 5) is 54.5. The number of thiophene rings is 1. The van der Waals surface area contributed by atoms with Gasteiger partial charge >= 0.3 is 17.9 Å². The number of hydrogen-bond donors (Lipinski definition) is 1. The molecule has 0 fully saturated rings. The highest BCUT2D eigenvalue weighted by atomic mass is 32.1. The number of fused-ring (bicyclic) bond motifs is 1. The summed E-state index contributed by atoms with van der Waals surface area (Å²) in [6.07, 6.45) is 0. The molecule has 178 valence electrons. The molecule has 3 rings (SSSR count). The lowest BCUT2D eigenvalue weighted by atomic mass is 10.1. The van der Waals surface area contributed by atoms with Crippen LogP contribution in [0.15, 0.2) is 30.3 Å². The number of amides is 1. The Kier molecular flexibility index (Phi) is 7.95. The molecule has 34 heavy (non-hydrogen) atoms. The lowest BCUT2D eigenvalue weighted by Crippen LogP contribution is -2.22. The summed E-state index contributed by atoms with van der Waals surface area (Å²) >= 11 is 0.895. The largest absolute Gasteiger partial charge is 0.462 e. The second-order valence-electron chi connectivity index (χ2n) is 7.15. The number of pyridine rings is 1. The van der Waals surface area contributed by atoms with E-state index in [1.54, 1.807) is 52.0 Å². The minimum absolute atomic E-state index is 0.0605. The van der Waals surface area contributed by atoms with Gasteiger partial charge in [0.15, 0.2) is 6.61 Å². The maximum absolute atomic E-state index is 12.7. The molecule has 0 saturated heterocycles. The van der Waals surface area contributed by atoms with Crippen LogP contribution in [0.1, 0.15) is 55.5 Å². The second kappa shape index (κ2) is 10.9. The Bertz CT molecular complexity index is 1270. The zero-order valence-corrected chi connectivity index (χ0v) is 20.0. The summed E-state index contributed by atoms with van der Waals surface area (Å²) in [7, 11) is 0. The number of carbonyl (C=O) groups excluding carboxylic acids is 4. The van der Waals surface area contributed by atoms with Crippen LogP contribution in [-0.4, -0.2) is 48.6 Å². The number of anilines is 1. The van der Waals surface area contributed by atoms with Crippen LogP contribution in [-0.2, 0) is 19.0 Å². The molecule has 9 nitrogen and oxygen atoms in total. The molecule has 0 spiro atoms. The minimum atomic E-state index is -0.683. The molecule has 3 aromatic rings. The lowest BCUT2D eigenvalue weighted by molar-refractivity contribution is -0.119. The zero-order valence-electron chi connectivity index (χ0n) is 19.2. The van der Waals surface area contributed by atoms with E-state index in [-0.39, 0.29) is 28.7 Å². The van der Waals surface area contributed by atoms with Gasteiger partial charge in [0.25, 0.3) is 5.91 Å². The minimum Gasteiger partial charge on any atom is -0.462 e. The van der Waals surface area contributed by atoms with Crippen molar-refractivity contribution in [2.75, 3.05) is 25.1 Å². The fraction of sp³-hybridized carbons (Fsp3) is 0.292. The van der Waals surface area contributed by atoms with Gasteiger partial charge in [-0.05, 0) is 45.4 Å². The molecular formula is C24H24N2O7S. The van der Waals surface area contributed by atoms with Gasteiger partial charge in [0.1, 0.15) is 9.88 Å². The summed E-state index contributed by atoms with van der Waals surface area (Å²) in [5.74, 6) is -2.65. The average molecular weight is 485 g/mol. The number of aryl methyl sites for hydroxylation is 1. The Hall–Kier alpha value is -3.79. The quantitative estimate of drug-likeness (QED) is 0.375. The Balaban J connectivity index is 1.78. The van der Waals surface area contributed by atoms with Crippen molar-refractivity contribution in [3.05, 3.63) is 57.6 Å². The molecule has 0 aliphatic heterocycles. The molecule has 10 heteroatoms. The van der Waals surface area contributed by atoms with Gasteiger partial charge in [-0.25, -0.2) is 14.4 Å². The summed E-state index contributed by atoms with van der Waals surface area (Å²) in [5, 5.41) is 3.27. The number of para-hydroxylation sites is 1. The third kappa shape index (κ3) is 5.40. The van der Waals surface area contributed by atoms with Gasteiger partial charge in [-0.1, -0.05) is 18.2 Å². The van der Waals surface area contributed by atoms with E-state index in [0.717, 1.165) is 11.3 Å². The number of carbonyl (C=O) groups is 4. The third-order valence-corrected chi connectivity index (χ3v) is 5.93. The van der Waals surface area contributed by atoms with Crippen molar-refractivity contribution < 1.29 is 33.4 Å². The van der Waals surface area contributed by atoms with Gasteiger partial charge in [-0.15, -0.1) is 11.3 Å². The molecule has 0 atom stereocenters. The van der Waals surface area contributed by atoms with E-state index in [0.29, 0.717) is 27.7 Å². The van der Waals surface area contributed by atoms with Crippen molar-refractivity contribution in [2.45, 2.75) is 27.7 Å². The predicted molar refractivity (Wildman–Crippen MR) is 126 cm³/mol. The van der Waals surface area contributed by atoms with Crippen molar-refractivity contribution >= 4 is 51.1 Å². The van der Waals surface area contributed by atoms with Crippen LogP contribution in [0.3, 0.4) is 0 Å². The molecule has 0 radical (unpaired) electrons. The van der Waals surface area contributed by atoms with E-state index in [9.17, 15) is 19.2 Å². The number of ether oxygens (including phenoxy) is 3. The Morgan fingerprint density at radius 3 is 2.32 bits per heavy atom. The molecule has 0 unspecified atom stereocenters. The topological polar surface area (TPSA) is 121 Å². The van der Waals surface area contributed by atoms with Crippen LogP contribution in [0.25, 0.3) is 10.9 Å². The Morgan fingerprint density at radius 2 is 1.62 bits per heavy atom. The van der Waals surface area contributed by atoms with Gasteiger partial charge in [0.2, 0.25) is 0 Å². The van der Waals surface area contributed by atoms with Crippen molar-refractivity contribution in [1.29, 1.82) is 0 Å². The Morgan fingerprint density at radius 1 is 0.941 bits per heavy atom. The summed E-state index contributed by atoms with van der Waals surface area (Å²) < 4.78 is 15.3. The number of rotatable bonds is 8. The average Bonchev–Trinajstić information content (AvgIpc) is 3.12. The summed E-state index contributed by atoms with van der Waals surface area (Å²) in [5.41, 5.74) is 1.96. The first kappa shape index (κ1) is 24.8. The van der Waals surface area contributed by atoms with Crippen molar-refractivity contribution in [3.63, 3.8) is 0 Å². The number of nitrogens with zero attached hydrogens (tertiary/aromatic N) is 1. The molecule has 0 bridgehead atoms. The van der Waals surface area contributed by atoms with Gasteiger partial charge in [-0.2, -0.15) is 0 Å². The summed E-state index contributed by atoms with van der Waals surface area (Å²) in [6, 6.07) is 8.71. The standard InChI is InChI=1S/C24H24N2O7S/c1-5-31-23(29)19-14(4)20(24(30)32-6-2)34-21(19)26-18(27)12-33-22(28)16-11-13(3)25-17-10-8-7-9-15(16)17/h7-11H,5-6,12H2,1-4H3,(H,26,27). The van der Waals surface area contributed by atoms with Gasteiger partial charge in [0.05, 0.1) is 29.9 Å². The molecule has 1 aromatic carbocycles. The molecule has 2 aromatic heterocycles. The van der Waals surface area contributed by atoms with Crippen LogP contribution in [0.4, 0.5) is 5.00 Å². The monoisotopic (exact) mass is 484 g/mol. The fourth-order valence-corrected chi connectivity index (χ4v) is 4.40. The summed E-state index contributed by atoms with van der Waals surface area (Å²) in [6.45, 7) is 6.32. The van der Waals surface area contributed by atoms with Gasteiger partial charge in [0, 0.05) is 11.1 Å². The molecule has 1 N–H and O–H groups in total. The predicted octanol–water partition coefficient (Wildman–Crippen LogP) is 4.06. The molecule has 1 amide bonds. The van der Waals surface area contributed by atoms with E-state index >= 15 is 0 Å².